The molecule has 0 aromatic heterocycles. The molecule has 2 rings (SSSR count). The zero-order valence-corrected chi connectivity index (χ0v) is 24.4. The summed E-state index contributed by atoms with van der Waals surface area (Å²) >= 11 is 0. The molecule has 0 aliphatic carbocycles. The van der Waals surface area contributed by atoms with Crippen LogP contribution in [0.5, 0.6) is 11.5 Å². The van der Waals surface area contributed by atoms with Gasteiger partial charge in [-0.15, -0.1) is 0 Å². The van der Waals surface area contributed by atoms with Gasteiger partial charge in [0.05, 0.1) is 0 Å². The Bertz CT molecular complexity index is 743. The predicted octanol–water partition coefficient (Wildman–Crippen LogP) is 8.04. The first kappa shape index (κ1) is 31.5. The van der Waals surface area contributed by atoms with Crippen LogP contribution in [0.1, 0.15) is 102 Å². The van der Waals surface area contributed by atoms with Crippen molar-refractivity contribution in [2.24, 2.45) is 0 Å². The van der Waals surface area contributed by atoms with Gasteiger partial charge in [-0.2, -0.15) is 0 Å². The normalized spacial score (nSPS) is 11.1. The second-order valence-corrected chi connectivity index (χ2v) is 10.2. The van der Waals surface area contributed by atoms with Gasteiger partial charge in [0.2, 0.25) is 0 Å². The Morgan fingerprint density at radius 1 is 0.588 bits per heavy atom. The number of unbranched alkanes of at least 4 members (excludes halogenated alkanes) is 10. The molecule has 6 heteroatoms. The molecule has 0 aliphatic heterocycles. The second-order valence-electron chi connectivity index (χ2n) is 8.95. The molecule has 34 heavy (non-hydrogen) atoms. The number of aryl methyl sites for hydroxylation is 2. The number of hydrogen-bond acceptors (Lipinski definition) is 4. The number of rotatable bonds is 18. The zero-order valence-electron chi connectivity index (χ0n) is 21.3. The molecule has 2 aromatic rings. The van der Waals surface area contributed by atoms with E-state index in [0.717, 1.165) is 25.7 Å². The van der Waals surface area contributed by atoms with E-state index in [9.17, 15) is 9.46 Å². The first-order valence-electron chi connectivity index (χ1n) is 12.9. The molecule has 184 valence electrons. The van der Waals surface area contributed by atoms with Gasteiger partial charge in [-0.3, -0.25) is 0 Å². The smallest absolute Gasteiger partial charge is 0.736 e. The van der Waals surface area contributed by atoms with Crippen LogP contribution in [-0.2, 0) is 17.4 Å². The Balaban J connectivity index is 0.00000578. The van der Waals surface area contributed by atoms with E-state index in [0.29, 0.717) is 0 Å². The number of phosphoric ester groups is 1. The summed E-state index contributed by atoms with van der Waals surface area (Å²) in [5, 5.41) is 0. The molecule has 0 saturated heterocycles. The SMILES string of the molecule is CCCCCCCCc1ccc(OP(=O)([O-])Oc2ccc(CCCCCCCC)cc2)cc1.[Ca+2]. The molecule has 0 atom stereocenters. The topological polar surface area (TPSA) is 58.6 Å². The minimum absolute atomic E-state index is 0. The predicted molar refractivity (Wildman–Crippen MR) is 142 cm³/mol. The molecule has 0 heterocycles. The van der Waals surface area contributed by atoms with E-state index in [1.165, 1.54) is 75.3 Å². The molecular formula is C28H42CaO4P+. The fourth-order valence-corrected chi connectivity index (χ4v) is 4.73. The number of hydrogen-bond donors (Lipinski definition) is 0. The van der Waals surface area contributed by atoms with Gasteiger partial charge >= 0.3 is 45.6 Å². The summed E-state index contributed by atoms with van der Waals surface area (Å²) in [4.78, 5) is 12.3. The van der Waals surface area contributed by atoms with Crippen LogP contribution in [0.2, 0.25) is 0 Å². The van der Waals surface area contributed by atoms with Crippen molar-refractivity contribution >= 4 is 45.6 Å². The average Bonchev–Trinajstić information content (AvgIpc) is 2.80. The second kappa shape index (κ2) is 18.7. The van der Waals surface area contributed by atoms with Gasteiger partial charge in [0.25, 0.3) is 0 Å². The van der Waals surface area contributed by atoms with Crippen molar-refractivity contribution in [1.82, 2.24) is 0 Å². The van der Waals surface area contributed by atoms with Crippen LogP contribution >= 0.6 is 7.82 Å². The van der Waals surface area contributed by atoms with Gasteiger partial charge in [0.15, 0.2) is 0 Å². The van der Waals surface area contributed by atoms with Crippen LogP contribution in [-0.4, -0.2) is 37.7 Å². The Morgan fingerprint density at radius 2 is 0.912 bits per heavy atom. The molecule has 0 amide bonds. The molecule has 0 radical (unpaired) electrons. The molecule has 0 saturated carbocycles. The third kappa shape index (κ3) is 14.1. The first-order chi connectivity index (χ1) is 16.0. The van der Waals surface area contributed by atoms with Gasteiger partial charge in [0, 0.05) is 0 Å². The van der Waals surface area contributed by atoms with Crippen LogP contribution in [0, 0.1) is 0 Å². The fourth-order valence-electron chi connectivity index (χ4n) is 3.93. The van der Waals surface area contributed by atoms with Crippen molar-refractivity contribution in [3.63, 3.8) is 0 Å². The molecule has 0 N–H and O–H groups in total. The summed E-state index contributed by atoms with van der Waals surface area (Å²) in [5.74, 6) is 0.555. The van der Waals surface area contributed by atoms with Crippen molar-refractivity contribution < 1.29 is 18.5 Å². The van der Waals surface area contributed by atoms with E-state index in [4.69, 9.17) is 9.05 Å². The van der Waals surface area contributed by atoms with Crippen LogP contribution < -0.4 is 13.9 Å². The molecule has 0 fully saturated rings. The first-order valence-corrected chi connectivity index (χ1v) is 14.4. The summed E-state index contributed by atoms with van der Waals surface area (Å²) in [6.07, 6.45) is 17.1. The minimum Gasteiger partial charge on any atom is -0.736 e. The van der Waals surface area contributed by atoms with Gasteiger partial charge in [-0.05, 0) is 61.1 Å². The van der Waals surface area contributed by atoms with E-state index in [-0.39, 0.29) is 49.2 Å². The molecule has 0 bridgehead atoms. The summed E-state index contributed by atoms with van der Waals surface area (Å²) in [7, 11) is -4.49. The van der Waals surface area contributed by atoms with Gasteiger partial charge in [0.1, 0.15) is 11.5 Å². The van der Waals surface area contributed by atoms with Gasteiger partial charge in [-0.1, -0.05) is 102 Å². The van der Waals surface area contributed by atoms with E-state index in [2.05, 4.69) is 13.8 Å². The van der Waals surface area contributed by atoms with Crippen molar-refractivity contribution in [1.29, 1.82) is 0 Å². The molecule has 4 nitrogen and oxygen atoms in total. The molecule has 2 aromatic carbocycles. The Morgan fingerprint density at radius 3 is 1.26 bits per heavy atom. The fraction of sp³-hybridized carbons (Fsp3) is 0.571. The van der Waals surface area contributed by atoms with E-state index in [1.807, 2.05) is 24.3 Å². The number of benzene rings is 2. The van der Waals surface area contributed by atoms with Crippen molar-refractivity contribution in [3.8, 4) is 11.5 Å². The van der Waals surface area contributed by atoms with Gasteiger partial charge < -0.3 is 13.9 Å². The third-order valence-electron chi connectivity index (χ3n) is 5.92. The Labute approximate surface area is 237 Å². The maximum Gasteiger partial charge on any atom is 2.00 e. The third-order valence-corrected chi connectivity index (χ3v) is 6.79. The quantitative estimate of drug-likeness (QED) is 0.115. The number of phosphoric acid groups is 1. The Kier molecular flexibility index (Phi) is 17.4. The zero-order chi connectivity index (χ0) is 23.8. The molecule has 0 aliphatic rings. The van der Waals surface area contributed by atoms with E-state index in [1.54, 1.807) is 24.3 Å². The van der Waals surface area contributed by atoms with Crippen molar-refractivity contribution in [2.45, 2.75) is 104 Å². The summed E-state index contributed by atoms with van der Waals surface area (Å²) in [6, 6.07) is 14.5. The molecule has 0 spiro atoms. The maximum atomic E-state index is 12.3. The van der Waals surface area contributed by atoms with E-state index < -0.39 is 7.82 Å². The Hall–Kier alpha value is -0.510. The standard InChI is InChI=1S/C28H43O4P.Ca/c1-3-5-7-9-11-13-15-25-17-21-27(22-18-25)31-33(29,30)32-28-23-19-26(20-24-28)16-14-12-10-8-6-4-2;/h17-24H,3-16H2,1-2H3,(H,29,30);/q;+2/p-1. The van der Waals surface area contributed by atoms with Crippen LogP contribution in [0.15, 0.2) is 48.5 Å². The minimum atomic E-state index is -4.49. The van der Waals surface area contributed by atoms with Crippen molar-refractivity contribution in [3.05, 3.63) is 59.7 Å². The average molecular weight is 514 g/mol. The van der Waals surface area contributed by atoms with Crippen LogP contribution in [0.25, 0.3) is 0 Å². The molecular weight excluding hydrogens is 471 g/mol. The van der Waals surface area contributed by atoms with Crippen LogP contribution in [0.4, 0.5) is 0 Å². The maximum absolute atomic E-state index is 12.3. The summed E-state index contributed by atoms with van der Waals surface area (Å²) in [5.41, 5.74) is 2.39. The summed E-state index contributed by atoms with van der Waals surface area (Å²) in [6.45, 7) is 4.45. The van der Waals surface area contributed by atoms with Crippen molar-refractivity contribution in [2.75, 3.05) is 0 Å². The van der Waals surface area contributed by atoms with Crippen LogP contribution in [0.3, 0.4) is 0 Å². The van der Waals surface area contributed by atoms with Gasteiger partial charge in [-0.25, -0.2) is 4.57 Å². The molecule has 0 unspecified atom stereocenters. The van der Waals surface area contributed by atoms with E-state index >= 15 is 0 Å². The monoisotopic (exact) mass is 513 g/mol. The summed E-state index contributed by atoms with van der Waals surface area (Å²) < 4.78 is 22.6. The largest absolute Gasteiger partial charge is 2.00 e.